The van der Waals surface area contributed by atoms with Crippen LogP contribution in [0.3, 0.4) is 0 Å². The van der Waals surface area contributed by atoms with Gasteiger partial charge in [-0.3, -0.25) is 9.59 Å². The van der Waals surface area contributed by atoms with Crippen LogP contribution in [0.4, 0.5) is 5.69 Å². The highest BCUT2D eigenvalue weighted by Gasteiger charge is 2.35. The van der Waals surface area contributed by atoms with E-state index >= 15 is 0 Å². The number of carbonyl (C=O) groups excluding carboxylic acids is 2. The maximum atomic E-state index is 12.4. The molecule has 1 aliphatic carbocycles. The fourth-order valence-corrected chi connectivity index (χ4v) is 3.83. The van der Waals surface area contributed by atoms with Crippen molar-refractivity contribution in [1.82, 2.24) is 5.32 Å². The molecule has 1 N–H and O–H groups in total. The lowest BCUT2D eigenvalue weighted by atomic mass is 9.97. The van der Waals surface area contributed by atoms with Crippen LogP contribution in [0.2, 0.25) is 5.02 Å². The Morgan fingerprint density at radius 2 is 2.23 bits per heavy atom. The van der Waals surface area contributed by atoms with Gasteiger partial charge in [0.1, 0.15) is 5.75 Å². The number of nitrogens with zero attached hydrogens (tertiary/aromatic N) is 1. The van der Waals surface area contributed by atoms with Gasteiger partial charge in [0, 0.05) is 25.2 Å². The topological polar surface area (TPSA) is 58.6 Å². The second kappa shape index (κ2) is 8.58. The number of hydrogen-bond donors (Lipinski definition) is 1. The summed E-state index contributed by atoms with van der Waals surface area (Å²) in [6.45, 7) is 1.03. The maximum absolute atomic E-state index is 12.4. The number of carbonyl (C=O) groups is 2. The Morgan fingerprint density at radius 3 is 2.92 bits per heavy atom. The van der Waals surface area contributed by atoms with E-state index in [0.717, 1.165) is 19.3 Å². The van der Waals surface area contributed by atoms with E-state index in [2.05, 4.69) is 11.4 Å². The minimum atomic E-state index is -0.316. The molecule has 26 heavy (non-hydrogen) atoms. The molecule has 0 bridgehead atoms. The zero-order chi connectivity index (χ0) is 18.5. The average Bonchev–Trinajstić information content (AvgIpc) is 3.04. The number of amides is 2. The third-order valence-electron chi connectivity index (χ3n) is 5.07. The first-order valence-corrected chi connectivity index (χ1v) is 9.56. The van der Waals surface area contributed by atoms with Crippen molar-refractivity contribution in [2.75, 3.05) is 25.1 Å². The van der Waals surface area contributed by atoms with Crippen molar-refractivity contribution in [2.24, 2.45) is 5.92 Å². The smallest absolute Gasteiger partial charge is 0.227 e. The summed E-state index contributed by atoms with van der Waals surface area (Å²) < 4.78 is 5.14. The molecule has 1 aromatic rings. The van der Waals surface area contributed by atoms with Crippen LogP contribution >= 0.6 is 11.6 Å². The fraction of sp³-hybridized carbons (Fsp3) is 0.500. The summed E-state index contributed by atoms with van der Waals surface area (Å²) in [5.74, 6) is 0.148. The van der Waals surface area contributed by atoms with Crippen LogP contribution in [0.1, 0.15) is 38.5 Å². The molecule has 2 aliphatic rings. The Balaban J connectivity index is 1.54. The van der Waals surface area contributed by atoms with Crippen molar-refractivity contribution in [2.45, 2.75) is 38.5 Å². The zero-order valence-corrected chi connectivity index (χ0v) is 15.8. The number of rotatable bonds is 6. The first kappa shape index (κ1) is 18.8. The molecule has 5 nitrogen and oxygen atoms in total. The van der Waals surface area contributed by atoms with Crippen molar-refractivity contribution in [1.29, 1.82) is 0 Å². The highest BCUT2D eigenvalue weighted by molar-refractivity contribution is 6.32. The molecule has 1 saturated heterocycles. The van der Waals surface area contributed by atoms with Crippen molar-refractivity contribution < 1.29 is 14.3 Å². The van der Waals surface area contributed by atoms with Gasteiger partial charge < -0.3 is 15.0 Å². The number of allylic oxidation sites excluding steroid dienone is 1. The largest absolute Gasteiger partial charge is 0.495 e. The minimum Gasteiger partial charge on any atom is -0.495 e. The molecule has 1 heterocycles. The lowest BCUT2D eigenvalue weighted by Crippen LogP contribution is -2.33. The normalized spacial score (nSPS) is 20.1. The van der Waals surface area contributed by atoms with Gasteiger partial charge in [-0.05, 0) is 50.3 Å². The van der Waals surface area contributed by atoms with E-state index in [-0.39, 0.29) is 24.2 Å². The monoisotopic (exact) mass is 376 g/mol. The Kier molecular flexibility index (Phi) is 6.20. The molecule has 1 aliphatic heterocycles. The number of hydrogen-bond acceptors (Lipinski definition) is 3. The number of methoxy groups -OCH3 is 1. The zero-order valence-electron chi connectivity index (χ0n) is 15.1. The molecular formula is C20H25ClN2O3. The van der Waals surface area contributed by atoms with Crippen molar-refractivity contribution >= 4 is 29.1 Å². The van der Waals surface area contributed by atoms with Gasteiger partial charge in [0.2, 0.25) is 11.8 Å². The molecule has 1 unspecified atom stereocenters. The second-order valence-corrected chi connectivity index (χ2v) is 7.28. The van der Waals surface area contributed by atoms with Crippen LogP contribution in [-0.2, 0) is 9.59 Å². The molecular weight excluding hydrogens is 352 g/mol. The molecule has 1 aromatic carbocycles. The molecule has 140 valence electrons. The van der Waals surface area contributed by atoms with E-state index < -0.39 is 0 Å². The Hall–Kier alpha value is -2.01. The van der Waals surface area contributed by atoms with Crippen molar-refractivity contribution in [3.05, 3.63) is 34.9 Å². The van der Waals surface area contributed by atoms with E-state index in [9.17, 15) is 9.59 Å². The van der Waals surface area contributed by atoms with Gasteiger partial charge >= 0.3 is 0 Å². The third kappa shape index (κ3) is 4.39. The summed E-state index contributed by atoms with van der Waals surface area (Å²) in [5, 5.41) is 3.44. The first-order valence-electron chi connectivity index (χ1n) is 9.18. The highest BCUT2D eigenvalue weighted by atomic mass is 35.5. The van der Waals surface area contributed by atoms with Gasteiger partial charge in [-0.15, -0.1) is 0 Å². The van der Waals surface area contributed by atoms with Crippen LogP contribution < -0.4 is 15.0 Å². The summed E-state index contributed by atoms with van der Waals surface area (Å²) in [6.07, 6.45) is 8.25. The lowest BCUT2D eigenvalue weighted by Gasteiger charge is -2.18. The van der Waals surface area contributed by atoms with Gasteiger partial charge in [0.25, 0.3) is 0 Å². The van der Waals surface area contributed by atoms with Crippen LogP contribution in [0.5, 0.6) is 5.75 Å². The molecule has 6 heteroatoms. The van der Waals surface area contributed by atoms with Crippen LogP contribution in [0.25, 0.3) is 0 Å². The first-order chi connectivity index (χ1) is 12.6. The van der Waals surface area contributed by atoms with E-state index in [4.69, 9.17) is 16.3 Å². The van der Waals surface area contributed by atoms with Gasteiger partial charge in [-0.1, -0.05) is 23.3 Å². The van der Waals surface area contributed by atoms with E-state index in [1.807, 2.05) is 0 Å². The highest BCUT2D eigenvalue weighted by Crippen LogP contribution is 2.32. The number of halogens is 1. The molecule has 1 fully saturated rings. The molecule has 0 saturated carbocycles. The van der Waals surface area contributed by atoms with Gasteiger partial charge in [0.15, 0.2) is 0 Å². The molecule has 1 atom stereocenters. The SMILES string of the molecule is COc1ccc(N2CC(C(=O)NCCC3=CCCCC3)CC2=O)cc1Cl. The Morgan fingerprint density at radius 1 is 1.38 bits per heavy atom. The van der Waals surface area contributed by atoms with Gasteiger partial charge in [-0.2, -0.15) is 0 Å². The fourth-order valence-electron chi connectivity index (χ4n) is 3.58. The molecule has 0 aromatic heterocycles. The van der Waals surface area contributed by atoms with Crippen molar-refractivity contribution in [3.63, 3.8) is 0 Å². The third-order valence-corrected chi connectivity index (χ3v) is 5.37. The molecule has 0 radical (unpaired) electrons. The molecule has 0 spiro atoms. The van der Waals surface area contributed by atoms with Gasteiger partial charge in [0.05, 0.1) is 18.1 Å². The van der Waals surface area contributed by atoms with E-state index in [1.165, 1.54) is 18.4 Å². The quantitative estimate of drug-likeness (QED) is 0.770. The van der Waals surface area contributed by atoms with Crippen molar-refractivity contribution in [3.8, 4) is 5.75 Å². The van der Waals surface area contributed by atoms with Crippen LogP contribution in [0, 0.1) is 5.92 Å². The predicted octanol–water partition coefficient (Wildman–Crippen LogP) is 3.71. The summed E-state index contributed by atoms with van der Waals surface area (Å²) in [7, 11) is 1.55. The number of ether oxygens (including phenoxy) is 1. The minimum absolute atomic E-state index is 0.0446. The summed E-state index contributed by atoms with van der Waals surface area (Å²) in [6, 6.07) is 5.23. The molecule has 2 amide bonds. The summed E-state index contributed by atoms with van der Waals surface area (Å²) in [4.78, 5) is 26.4. The predicted molar refractivity (Wildman–Crippen MR) is 103 cm³/mol. The molecule has 3 rings (SSSR count). The number of anilines is 1. The Labute approximate surface area is 159 Å². The summed E-state index contributed by atoms with van der Waals surface area (Å²) in [5.41, 5.74) is 2.14. The van der Waals surface area contributed by atoms with E-state index in [0.29, 0.717) is 29.5 Å². The van der Waals surface area contributed by atoms with Crippen LogP contribution in [0.15, 0.2) is 29.8 Å². The van der Waals surface area contributed by atoms with E-state index in [1.54, 1.807) is 30.2 Å². The lowest BCUT2D eigenvalue weighted by molar-refractivity contribution is -0.126. The standard InChI is InChI=1S/C20H25ClN2O3/c1-26-18-8-7-16(12-17(18)21)23-13-15(11-19(23)24)20(25)22-10-9-14-5-3-2-4-6-14/h5,7-8,12,15H,2-4,6,9-11,13H2,1H3,(H,22,25). The summed E-state index contributed by atoms with van der Waals surface area (Å²) >= 11 is 6.15. The number of benzene rings is 1. The van der Waals surface area contributed by atoms with Crippen LogP contribution in [-0.4, -0.2) is 32.0 Å². The number of nitrogens with one attached hydrogen (secondary N) is 1. The second-order valence-electron chi connectivity index (χ2n) is 6.87. The maximum Gasteiger partial charge on any atom is 0.227 e. The van der Waals surface area contributed by atoms with Gasteiger partial charge in [-0.25, -0.2) is 0 Å². The average molecular weight is 377 g/mol. The Bertz CT molecular complexity index is 717.